The molecule has 1 aliphatic rings. The van der Waals surface area contributed by atoms with Gasteiger partial charge in [-0.25, -0.2) is 9.18 Å². The van der Waals surface area contributed by atoms with E-state index in [1.165, 1.54) is 6.07 Å². The molecule has 25 heavy (non-hydrogen) atoms. The van der Waals surface area contributed by atoms with Crippen LogP contribution in [-0.2, 0) is 0 Å². The van der Waals surface area contributed by atoms with Crippen LogP contribution in [0.5, 0.6) is 0 Å². The van der Waals surface area contributed by atoms with E-state index in [2.05, 4.69) is 16.3 Å². The molecular formula is C19H21ClFN3O. The minimum Gasteiger partial charge on any atom is -0.367 e. The lowest BCUT2D eigenvalue weighted by Gasteiger charge is -2.37. The van der Waals surface area contributed by atoms with Gasteiger partial charge in [0.25, 0.3) is 0 Å². The molecule has 4 nitrogen and oxygen atoms in total. The molecule has 0 spiro atoms. The molecule has 0 radical (unpaired) electrons. The Labute approximate surface area is 152 Å². The third-order valence-corrected chi connectivity index (χ3v) is 4.68. The summed E-state index contributed by atoms with van der Waals surface area (Å²) in [4.78, 5) is 16.2. The maximum atomic E-state index is 13.7. The van der Waals surface area contributed by atoms with E-state index in [9.17, 15) is 9.18 Å². The maximum absolute atomic E-state index is 13.7. The summed E-state index contributed by atoms with van der Waals surface area (Å²) in [6.45, 7) is 6.57. The van der Waals surface area contributed by atoms with Crippen molar-refractivity contribution in [1.82, 2.24) is 4.90 Å². The van der Waals surface area contributed by atoms with E-state index in [1.807, 2.05) is 19.9 Å². The number of carbonyl (C=O) groups excluding carboxylic acids is 1. The van der Waals surface area contributed by atoms with Gasteiger partial charge in [0.15, 0.2) is 0 Å². The second-order valence-electron chi connectivity index (χ2n) is 6.30. The summed E-state index contributed by atoms with van der Waals surface area (Å²) in [5.74, 6) is -0.434. The molecule has 6 heteroatoms. The second kappa shape index (κ2) is 7.31. The monoisotopic (exact) mass is 361 g/mol. The summed E-state index contributed by atoms with van der Waals surface area (Å²) in [6, 6.07) is 9.96. The fraction of sp³-hybridized carbons (Fsp3) is 0.316. The normalized spacial score (nSPS) is 14.6. The Kier molecular flexibility index (Phi) is 5.13. The van der Waals surface area contributed by atoms with Crippen molar-refractivity contribution in [3.63, 3.8) is 0 Å². The number of amides is 2. The molecule has 0 bridgehead atoms. The first kappa shape index (κ1) is 17.5. The molecule has 2 aromatic carbocycles. The van der Waals surface area contributed by atoms with Gasteiger partial charge in [0, 0.05) is 26.2 Å². The summed E-state index contributed by atoms with van der Waals surface area (Å²) >= 11 is 6.42. The molecule has 0 atom stereocenters. The van der Waals surface area contributed by atoms with Crippen molar-refractivity contribution in [1.29, 1.82) is 0 Å². The molecule has 0 saturated carbocycles. The number of urea groups is 1. The molecule has 1 fully saturated rings. The van der Waals surface area contributed by atoms with Gasteiger partial charge in [-0.05, 0) is 43.2 Å². The molecule has 1 N–H and O–H groups in total. The van der Waals surface area contributed by atoms with Crippen LogP contribution in [0.3, 0.4) is 0 Å². The first-order valence-corrected chi connectivity index (χ1v) is 8.65. The van der Waals surface area contributed by atoms with Crippen LogP contribution in [-0.4, -0.2) is 37.1 Å². The summed E-state index contributed by atoms with van der Waals surface area (Å²) in [7, 11) is 0. The van der Waals surface area contributed by atoms with Gasteiger partial charge >= 0.3 is 6.03 Å². The molecule has 2 amide bonds. The van der Waals surface area contributed by atoms with Crippen molar-refractivity contribution >= 4 is 29.0 Å². The van der Waals surface area contributed by atoms with Gasteiger partial charge in [-0.3, -0.25) is 0 Å². The average Bonchev–Trinajstić information content (AvgIpc) is 2.56. The highest BCUT2D eigenvalue weighted by Crippen LogP contribution is 2.31. The van der Waals surface area contributed by atoms with E-state index in [1.54, 1.807) is 23.1 Å². The standard InChI is InChI=1S/C19H21ClFN3O/c1-13-11-14(2)18(15(20)12-13)23-7-9-24(10-8-23)19(25)22-17-6-4-3-5-16(17)21/h3-6,11-12H,7-10H2,1-2H3,(H,22,25). The predicted octanol–water partition coefficient (Wildman–Crippen LogP) is 4.45. The number of carbonyl (C=O) groups is 1. The number of nitrogens with one attached hydrogen (secondary N) is 1. The molecule has 3 rings (SSSR count). The van der Waals surface area contributed by atoms with Gasteiger partial charge in [0.1, 0.15) is 5.82 Å². The highest BCUT2D eigenvalue weighted by Gasteiger charge is 2.24. The summed E-state index contributed by atoms with van der Waals surface area (Å²) in [5, 5.41) is 3.37. The van der Waals surface area contributed by atoms with E-state index >= 15 is 0 Å². The number of anilines is 2. The Bertz CT molecular complexity index is 765. The van der Waals surface area contributed by atoms with Crippen LogP contribution in [0.1, 0.15) is 11.1 Å². The van der Waals surface area contributed by atoms with Crippen LogP contribution in [0.25, 0.3) is 0 Å². The molecule has 2 aromatic rings. The molecule has 0 aliphatic carbocycles. The number of aryl methyl sites for hydroxylation is 2. The van der Waals surface area contributed by atoms with Gasteiger partial charge in [-0.15, -0.1) is 0 Å². The maximum Gasteiger partial charge on any atom is 0.322 e. The van der Waals surface area contributed by atoms with Crippen LogP contribution >= 0.6 is 11.6 Å². The second-order valence-corrected chi connectivity index (χ2v) is 6.70. The molecule has 1 aliphatic heterocycles. The summed E-state index contributed by atoms with van der Waals surface area (Å²) < 4.78 is 13.7. The number of rotatable bonds is 2. The number of para-hydroxylation sites is 1. The zero-order valence-corrected chi connectivity index (χ0v) is 15.1. The van der Waals surface area contributed by atoms with Gasteiger partial charge in [0.2, 0.25) is 0 Å². The largest absolute Gasteiger partial charge is 0.367 e. The highest BCUT2D eigenvalue weighted by molar-refractivity contribution is 6.33. The van der Waals surface area contributed by atoms with E-state index in [0.717, 1.165) is 21.8 Å². The first-order chi connectivity index (χ1) is 12.0. The lowest BCUT2D eigenvalue weighted by Crippen LogP contribution is -2.50. The van der Waals surface area contributed by atoms with E-state index in [4.69, 9.17) is 11.6 Å². The van der Waals surface area contributed by atoms with Crippen molar-refractivity contribution in [2.24, 2.45) is 0 Å². The average molecular weight is 362 g/mol. The topological polar surface area (TPSA) is 35.6 Å². The highest BCUT2D eigenvalue weighted by atomic mass is 35.5. The van der Waals surface area contributed by atoms with Crippen molar-refractivity contribution in [2.45, 2.75) is 13.8 Å². The van der Waals surface area contributed by atoms with E-state index < -0.39 is 5.82 Å². The summed E-state index contributed by atoms with van der Waals surface area (Å²) in [5.41, 5.74) is 3.50. The number of hydrogen-bond acceptors (Lipinski definition) is 2. The van der Waals surface area contributed by atoms with Gasteiger partial charge in [-0.1, -0.05) is 29.8 Å². The molecule has 0 aromatic heterocycles. The van der Waals surface area contributed by atoms with E-state index in [0.29, 0.717) is 26.2 Å². The minimum atomic E-state index is -0.434. The van der Waals surface area contributed by atoms with Gasteiger partial charge in [0.05, 0.1) is 16.4 Å². The van der Waals surface area contributed by atoms with Crippen molar-refractivity contribution in [3.05, 3.63) is 58.4 Å². The van der Waals surface area contributed by atoms with Crippen molar-refractivity contribution < 1.29 is 9.18 Å². The Hall–Kier alpha value is -2.27. The number of benzene rings is 2. The number of piperazine rings is 1. The van der Waals surface area contributed by atoms with Gasteiger partial charge in [-0.2, -0.15) is 0 Å². The van der Waals surface area contributed by atoms with Crippen LogP contribution in [0.15, 0.2) is 36.4 Å². The lowest BCUT2D eigenvalue weighted by molar-refractivity contribution is 0.208. The Morgan fingerprint density at radius 1 is 1.12 bits per heavy atom. The van der Waals surface area contributed by atoms with E-state index in [-0.39, 0.29) is 11.7 Å². The minimum absolute atomic E-state index is 0.201. The fourth-order valence-electron chi connectivity index (χ4n) is 3.20. The number of nitrogens with zero attached hydrogens (tertiary/aromatic N) is 2. The molecule has 1 saturated heterocycles. The molecule has 1 heterocycles. The van der Waals surface area contributed by atoms with Gasteiger partial charge < -0.3 is 15.1 Å². The SMILES string of the molecule is Cc1cc(C)c(N2CCN(C(=O)Nc3ccccc3F)CC2)c(Cl)c1. The van der Waals surface area contributed by atoms with Crippen LogP contribution < -0.4 is 10.2 Å². The zero-order valence-electron chi connectivity index (χ0n) is 14.4. The third kappa shape index (κ3) is 3.87. The van der Waals surface area contributed by atoms with Crippen molar-refractivity contribution in [2.75, 3.05) is 36.4 Å². The fourth-order valence-corrected chi connectivity index (χ4v) is 3.64. The third-order valence-electron chi connectivity index (χ3n) is 4.40. The smallest absolute Gasteiger partial charge is 0.322 e. The van der Waals surface area contributed by atoms with Crippen LogP contribution in [0.4, 0.5) is 20.6 Å². The Morgan fingerprint density at radius 3 is 2.44 bits per heavy atom. The molecule has 132 valence electrons. The number of halogens is 2. The predicted molar refractivity (Wildman–Crippen MR) is 100 cm³/mol. The lowest BCUT2D eigenvalue weighted by atomic mass is 10.1. The van der Waals surface area contributed by atoms with Crippen LogP contribution in [0.2, 0.25) is 5.02 Å². The first-order valence-electron chi connectivity index (χ1n) is 8.28. The van der Waals surface area contributed by atoms with Crippen LogP contribution in [0, 0.1) is 19.7 Å². The Morgan fingerprint density at radius 2 is 1.80 bits per heavy atom. The zero-order chi connectivity index (χ0) is 18.0. The van der Waals surface area contributed by atoms with Crippen molar-refractivity contribution in [3.8, 4) is 0 Å². The molecular weight excluding hydrogens is 341 g/mol. The number of hydrogen-bond donors (Lipinski definition) is 1. The Balaban J connectivity index is 1.64. The molecule has 0 unspecified atom stereocenters. The summed E-state index contributed by atoms with van der Waals surface area (Å²) in [6.07, 6.45) is 0. The quantitative estimate of drug-likeness (QED) is 0.857.